The average Bonchev–Trinajstić information content (AvgIpc) is 2.73. The number of methoxy groups -OCH3 is 1. The van der Waals surface area contributed by atoms with Crippen LogP contribution in [0.4, 0.5) is 5.69 Å². The average molecular weight is 330 g/mol. The van der Waals surface area contributed by atoms with E-state index in [1.54, 1.807) is 32.9 Å². The zero-order chi connectivity index (χ0) is 15.8. The molecule has 0 saturated carbocycles. The standard InChI is InChI=1S/C13H16ClN3O3S/c1-7-5-11(12(20-4)6-10(7)14)17-21(18,19)13-8(2)15-16-9(13)3/h5-6,17H,1-4H3,(H,15,16). The molecule has 114 valence electrons. The topological polar surface area (TPSA) is 84.1 Å². The molecule has 0 atom stereocenters. The summed E-state index contributed by atoms with van der Waals surface area (Å²) in [5.41, 5.74) is 1.96. The van der Waals surface area contributed by atoms with Crippen molar-refractivity contribution in [2.75, 3.05) is 11.8 Å². The zero-order valence-corrected chi connectivity index (χ0v) is 13.7. The fourth-order valence-corrected chi connectivity index (χ4v) is 3.63. The maximum Gasteiger partial charge on any atom is 0.265 e. The summed E-state index contributed by atoms with van der Waals surface area (Å²) in [4.78, 5) is 0.136. The summed E-state index contributed by atoms with van der Waals surface area (Å²) in [5, 5.41) is 7.06. The molecule has 2 N–H and O–H groups in total. The molecule has 0 unspecified atom stereocenters. The molecule has 2 aromatic rings. The molecule has 0 aliphatic carbocycles. The van der Waals surface area contributed by atoms with E-state index in [1.807, 2.05) is 0 Å². The lowest BCUT2D eigenvalue weighted by Gasteiger charge is -2.13. The Morgan fingerprint density at radius 1 is 1.29 bits per heavy atom. The Labute approximate surface area is 128 Å². The number of hydrogen-bond acceptors (Lipinski definition) is 4. The molecule has 0 bridgehead atoms. The maximum absolute atomic E-state index is 12.5. The van der Waals surface area contributed by atoms with Gasteiger partial charge in [-0.3, -0.25) is 9.82 Å². The van der Waals surface area contributed by atoms with Crippen molar-refractivity contribution < 1.29 is 13.2 Å². The Hall–Kier alpha value is -1.73. The summed E-state index contributed by atoms with van der Waals surface area (Å²) in [6.45, 7) is 5.06. The van der Waals surface area contributed by atoms with Gasteiger partial charge in [0.1, 0.15) is 10.6 Å². The Balaban J connectivity index is 2.49. The van der Waals surface area contributed by atoms with E-state index in [4.69, 9.17) is 16.3 Å². The van der Waals surface area contributed by atoms with E-state index in [1.165, 1.54) is 7.11 Å². The molecule has 6 nitrogen and oxygen atoms in total. The minimum atomic E-state index is -3.76. The number of benzene rings is 1. The number of aryl methyl sites for hydroxylation is 3. The molecule has 1 aromatic carbocycles. The minimum Gasteiger partial charge on any atom is -0.495 e. The van der Waals surface area contributed by atoms with Crippen molar-refractivity contribution in [2.45, 2.75) is 25.7 Å². The Bertz CT molecular complexity index is 765. The van der Waals surface area contributed by atoms with E-state index in [0.717, 1.165) is 5.56 Å². The number of ether oxygens (including phenoxy) is 1. The van der Waals surface area contributed by atoms with Crippen molar-refractivity contribution in [3.8, 4) is 5.75 Å². The molecule has 0 aliphatic rings. The van der Waals surface area contributed by atoms with Crippen LogP contribution in [0.3, 0.4) is 0 Å². The molecular formula is C13H16ClN3O3S. The lowest BCUT2D eigenvalue weighted by Crippen LogP contribution is -2.15. The number of aromatic amines is 1. The molecule has 0 spiro atoms. The summed E-state index contributed by atoms with van der Waals surface area (Å²) >= 11 is 6.01. The second-order valence-corrected chi connectivity index (χ2v) is 6.70. The lowest BCUT2D eigenvalue weighted by molar-refractivity contribution is 0.417. The van der Waals surface area contributed by atoms with Gasteiger partial charge in [-0.25, -0.2) is 8.42 Å². The second-order valence-electron chi connectivity index (χ2n) is 4.67. The Kier molecular flexibility index (Phi) is 4.15. The Morgan fingerprint density at radius 2 is 1.95 bits per heavy atom. The van der Waals surface area contributed by atoms with Gasteiger partial charge < -0.3 is 4.74 Å². The normalized spacial score (nSPS) is 11.5. The van der Waals surface area contributed by atoms with E-state index in [2.05, 4.69) is 14.9 Å². The van der Waals surface area contributed by atoms with Crippen LogP contribution in [0.1, 0.15) is 17.0 Å². The summed E-state index contributed by atoms with van der Waals surface area (Å²) in [6.07, 6.45) is 0. The third-order valence-electron chi connectivity index (χ3n) is 3.05. The highest BCUT2D eigenvalue weighted by Crippen LogP contribution is 2.33. The number of nitrogens with zero attached hydrogens (tertiary/aromatic N) is 1. The van der Waals surface area contributed by atoms with Gasteiger partial charge >= 0.3 is 0 Å². The maximum atomic E-state index is 12.5. The smallest absolute Gasteiger partial charge is 0.265 e. The molecule has 0 fully saturated rings. The van der Waals surface area contributed by atoms with E-state index in [0.29, 0.717) is 27.8 Å². The molecular weight excluding hydrogens is 314 g/mol. The molecule has 1 aromatic heterocycles. The number of rotatable bonds is 4. The molecule has 1 heterocycles. The highest BCUT2D eigenvalue weighted by molar-refractivity contribution is 7.92. The van der Waals surface area contributed by atoms with Crippen LogP contribution in [0.5, 0.6) is 5.75 Å². The van der Waals surface area contributed by atoms with Crippen molar-refractivity contribution >= 4 is 27.3 Å². The van der Waals surface area contributed by atoms with Crippen molar-refractivity contribution in [2.24, 2.45) is 0 Å². The van der Waals surface area contributed by atoms with Crippen LogP contribution in [-0.2, 0) is 10.0 Å². The summed E-state index contributed by atoms with van der Waals surface area (Å²) in [5.74, 6) is 0.355. The third kappa shape index (κ3) is 2.98. The summed E-state index contributed by atoms with van der Waals surface area (Å²) in [7, 11) is -2.31. The van der Waals surface area contributed by atoms with Gasteiger partial charge in [-0.1, -0.05) is 11.6 Å². The number of hydrogen-bond donors (Lipinski definition) is 2. The van der Waals surface area contributed by atoms with Gasteiger partial charge in [-0.15, -0.1) is 0 Å². The minimum absolute atomic E-state index is 0.136. The summed E-state index contributed by atoms with van der Waals surface area (Å²) < 4.78 is 32.7. The fraction of sp³-hybridized carbons (Fsp3) is 0.308. The van der Waals surface area contributed by atoms with E-state index >= 15 is 0 Å². The van der Waals surface area contributed by atoms with E-state index < -0.39 is 10.0 Å². The monoisotopic (exact) mass is 329 g/mol. The van der Waals surface area contributed by atoms with Gasteiger partial charge in [0, 0.05) is 11.1 Å². The SMILES string of the molecule is COc1cc(Cl)c(C)cc1NS(=O)(=O)c1c(C)n[nH]c1C. The predicted octanol–water partition coefficient (Wildman–Crippen LogP) is 2.80. The summed E-state index contributed by atoms with van der Waals surface area (Å²) in [6, 6.07) is 3.20. The number of nitrogens with one attached hydrogen (secondary N) is 2. The number of sulfonamides is 1. The fourth-order valence-electron chi connectivity index (χ4n) is 2.04. The van der Waals surface area contributed by atoms with Gasteiger partial charge in [-0.05, 0) is 32.4 Å². The van der Waals surface area contributed by atoms with E-state index in [9.17, 15) is 8.42 Å². The van der Waals surface area contributed by atoms with Crippen LogP contribution in [0.2, 0.25) is 5.02 Å². The highest BCUT2D eigenvalue weighted by atomic mass is 35.5. The number of anilines is 1. The molecule has 0 aliphatic heterocycles. The van der Waals surface area contributed by atoms with Crippen molar-refractivity contribution in [3.63, 3.8) is 0 Å². The van der Waals surface area contributed by atoms with Crippen molar-refractivity contribution in [1.29, 1.82) is 0 Å². The first-order valence-electron chi connectivity index (χ1n) is 6.14. The van der Waals surface area contributed by atoms with Crippen LogP contribution >= 0.6 is 11.6 Å². The van der Waals surface area contributed by atoms with Gasteiger partial charge in [0.25, 0.3) is 10.0 Å². The third-order valence-corrected chi connectivity index (χ3v) is 5.09. The lowest BCUT2D eigenvalue weighted by atomic mass is 10.2. The van der Waals surface area contributed by atoms with Crippen molar-refractivity contribution in [1.82, 2.24) is 10.2 Å². The van der Waals surface area contributed by atoms with Gasteiger partial charge in [-0.2, -0.15) is 5.10 Å². The number of halogens is 1. The predicted molar refractivity (Wildman–Crippen MR) is 81.6 cm³/mol. The molecule has 0 saturated heterocycles. The first-order valence-corrected chi connectivity index (χ1v) is 8.01. The molecule has 0 radical (unpaired) electrons. The quantitative estimate of drug-likeness (QED) is 0.903. The molecule has 2 rings (SSSR count). The number of H-pyrrole nitrogens is 1. The van der Waals surface area contributed by atoms with Gasteiger partial charge in [0.2, 0.25) is 0 Å². The number of aromatic nitrogens is 2. The second kappa shape index (κ2) is 5.57. The van der Waals surface area contributed by atoms with Crippen LogP contribution < -0.4 is 9.46 Å². The first kappa shape index (κ1) is 15.7. The molecule has 8 heteroatoms. The van der Waals surface area contributed by atoms with Gasteiger partial charge in [0.15, 0.2) is 0 Å². The van der Waals surface area contributed by atoms with Gasteiger partial charge in [0.05, 0.1) is 24.2 Å². The van der Waals surface area contributed by atoms with Crippen LogP contribution in [-0.4, -0.2) is 25.7 Å². The molecule has 0 amide bonds. The van der Waals surface area contributed by atoms with Crippen molar-refractivity contribution in [3.05, 3.63) is 34.1 Å². The zero-order valence-electron chi connectivity index (χ0n) is 12.1. The highest BCUT2D eigenvalue weighted by Gasteiger charge is 2.23. The Morgan fingerprint density at radius 3 is 2.48 bits per heavy atom. The first-order chi connectivity index (χ1) is 9.76. The van der Waals surface area contributed by atoms with E-state index in [-0.39, 0.29) is 4.90 Å². The van der Waals surface area contributed by atoms with Crippen LogP contribution in [0, 0.1) is 20.8 Å². The molecule has 21 heavy (non-hydrogen) atoms. The van der Waals surface area contributed by atoms with Crippen LogP contribution in [0.15, 0.2) is 17.0 Å². The largest absolute Gasteiger partial charge is 0.495 e. The van der Waals surface area contributed by atoms with Crippen LogP contribution in [0.25, 0.3) is 0 Å².